The Balaban J connectivity index is 2.64. The molecule has 0 saturated carbocycles. The first-order valence-corrected chi connectivity index (χ1v) is 5.56. The van der Waals surface area contributed by atoms with E-state index in [1.165, 1.54) is 0 Å². The Bertz CT molecular complexity index is 309. The summed E-state index contributed by atoms with van der Waals surface area (Å²) in [5.41, 5.74) is -0.857. The number of rotatable bonds is 2. The van der Waals surface area contributed by atoms with Gasteiger partial charge in [0.2, 0.25) is 0 Å². The molecule has 0 aliphatic carbocycles. The fourth-order valence-electron chi connectivity index (χ4n) is 2.19. The highest BCUT2D eigenvalue weighted by Crippen LogP contribution is 2.27. The fourth-order valence-corrected chi connectivity index (χ4v) is 2.19. The van der Waals surface area contributed by atoms with Gasteiger partial charge in [0, 0.05) is 0 Å². The van der Waals surface area contributed by atoms with Crippen LogP contribution in [0.25, 0.3) is 0 Å². The number of carbonyl (C=O) groups is 2. The Morgan fingerprint density at radius 3 is 2.12 bits per heavy atom. The Morgan fingerprint density at radius 1 is 1.24 bits per heavy atom. The van der Waals surface area contributed by atoms with E-state index in [1.807, 2.05) is 27.7 Å². The lowest BCUT2D eigenvalue weighted by Crippen LogP contribution is -2.60. The van der Waals surface area contributed by atoms with Crippen molar-refractivity contribution >= 4 is 12.0 Å². The third-order valence-corrected chi connectivity index (χ3v) is 2.37. The quantitative estimate of drug-likeness (QED) is 0.748. The molecule has 0 aromatic heterocycles. The van der Waals surface area contributed by atoms with Gasteiger partial charge in [-0.1, -0.05) is 0 Å². The first-order valence-electron chi connectivity index (χ1n) is 5.56. The van der Waals surface area contributed by atoms with Crippen LogP contribution in [0.4, 0.5) is 4.79 Å². The molecule has 2 N–H and O–H groups in total. The molecule has 0 aromatic carbocycles. The third kappa shape index (κ3) is 4.22. The van der Waals surface area contributed by atoms with Crippen LogP contribution in [0.5, 0.6) is 0 Å². The van der Waals surface area contributed by atoms with Crippen LogP contribution in [0, 0.1) is 0 Å². The molecule has 1 aliphatic heterocycles. The number of carbonyl (C=O) groups excluding carboxylic acids is 1. The maximum absolute atomic E-state index is 11.8. The highest BCUT2D eigenvalue weighted by atomic mass is 16.5. The number of morpholine rings is 1. The van der Waals surface area contributed by atoms with E-state index in [1.54, 1.807) is 4.90 Å². The Kier molecular flexibility index (Phi) is 3.66. The van der Waals surface area contributed by atoms with E-state index in [9.17, 15) is 9.59 Å². The van der Waals surface area contributed by atoms with Gasteiger partial charge in [0.1, 0.15) is 6.54 Å². The van der Waals surface area contributed by atoms with Gasteiger partial charge in [0.25, 0.3) is 0 Å². The molecular formula is C11H20N2O4. The molecule has 1 saturated heterocycles. The van der Waals surface area contributed by atoms with Crippen molar-refractivity contribution in [3.05, 3.63) is 0 Å². The second-order valence-corrected chi connectivity index (χ2v) is 5.53. The van der Waals surface area contributed by atoms with Crippen LogP contribution in [0.2, 0.25) is 0 Å². The molecule has 0 radical (unpaired) electrons. The number of nitrogens with zero attached hydrogens (tertiary/aromatic N) is 1. The Hall–Kier alpha value is -1.30. The first-order chi connectivity index (χ1) is 7.61. The van der Waals surface area contributed by atoms with Gasteiger partial charge < -0.3 is 20.1 Å². The molecule has 1 aliphatic rings. The van der Waals surface area contributed by atoms with Crippen molar-refractivity contribution in [1.82, 2.24) is 10.2 Å². The lowest BCUT2D eigenvalue weighted by Gasteiger charge is -2.46. The Morgan fingerprint density at radius 2 is 1.71 bits per heavy atom. The lowest BCUT2D eigenvalue weighted by atomic mass is 9.99. The van der Waals surface area contributed by atoms with Gasteiger partial charge in [-0.2, -0.15) is 0 Å². The summed E-state index contributed by atoms with van der Waals surface area (Å²) < 4.78 is 5.83. The number of hydrogen-bond donors (Lipinski definition) is 2. The highest BCUT2D eigenvalue weighted by Gasteiger charge is 2.39. The molecule has 6 nitrogen and oxygen atoms in total. The SMILES string of the molecule is CC1(C)CN(C(=O)NCC(=O)O)CC(C)(C)O1. The van der Waals surface area contributed by atoms with E-state index in [4.69, 9.17) is 9.84 Å². The van der Waals surface area contributed by atoms with Gasteiger partial charge in [-0.15, -0.1) is 0 Å². The zero-order chi connectivity index (χ0) is 13.3. The summed E-state index contributed by atoms with van der Waals surface area (Å²) in [5.74, 6) is -1.05. The van der Waals surface area contributed by atoms with Gasteiger partial charge in [0.05, 0.1) is 24.3 Å². The van der Waals surface area contributed by atoms with Crippen LogP contribution < -0.4 is 5.32 Å². The largest absolute Gasteiger partial charge is 0.480 e. The second kappa shape index (κ2) is 4.52. The summed E-state index contributed by atoms with van der Waals surface area (Å²) in [6, 6.07) is -0.364. The van der Waals surface area contributed by atoms with Crippen molar-refractivity contribution in [2.24, 2.45) is 0 Å². The molecule has 6 heteroatoms. The molecule has 98 valence electrons. The van der Waals surface area contributed by atoms with E-state index < -0.39 is 17.2 Å². The molecule has 0 bridgehead atoms. The summed E-state index contributed by atoms with van der Waals surface area (Å²) >= 11 is 0. The minimum Gasteiger partial charge on any atom is -0.480 e. The van der Waals surface area contributed by atoms with Crippen LogP contribution in [0.15, 0.2) is 0 Å². The van der Waals surface area contributed by atoms with E-state index >= 15 is 0 Å². The highest BCUT2D eigenvalue weighted by molar-refractivity contribution is 5.80. The summed E-state index contributed by atoms with van der Waals surface area (Å²) in [4.78, 5) is 23.7. The maximum atomic E-state index is 11.8. The van der Waals surface area contributed by atoms with Gasteiger partial charge in [0.15, 0.2) is 0 Å². The second-order valence-electron chi connectivity index (χ2n) is 5.53. The topological polar surface area (TPSA) is 78.9 Å². The van der Waals surface area contributed by atoms with Crippen LogP contribution in [0.3, 0.4) is 0 Å². The van der Waals surface area contributed by atoms with E-state index in [0.717, 1.165) is 0 Å². The van der Waals surface area contributed by atoms with Gasteiger partial charge >= 0.3 is 12.0 Å². The molecule has 0 aromatic rings. The van der Waals surface area contributed by atoms with Crippen LogP contribution in [-0.4, -0.2) is 52.8 Å². The summed E-state index contributed by atoms with van der Waals surface area (Å²) in [5, 5.41) is 10.9. The van der Waals surface area contributed by atoms with E-state index in [2.05, 4.69) is 5.32 Å². The predicted octanol–water partition coefficient (Wildman–Crippen LogP) is 0.670. The molecule has 17 heavy (non-hydrogen) atoms. The summed E-state index contributed by atoms with van der Waals surface area (Å²) in [6.45, 7) is 8.16. The van der Waals surface area contributed by atoms with Crippen molar-refractivity contribution in [2.75, 3.05) is 19.6 Å². The van der Waals surface area contributed by atoms with Crippen molar-refractivity contribution in [3.63, 3.8) is 0 Å². The number of carboxylic acids is 1. The molecule has 0 unspecified atom stereocenters. The number of hydrogen-bond acceptors (Lipinski definition) is 3. The first kappa shape index (κ1) is 13.8. The smallest absolute Gasteiger partial charge is 0.323 e. The van der Waals surface area contributed by atoms with Crippen LogP contribution >= 0.6 is 0 Å². The molecule has 0 spiro atoms. The number of aliphatic carboxylic acids is 1. The molecular weight excluding hydrogens is 224 g/mol. The zero-order valence-electron chi connectivity index (χ0n) is 10.7. The summed E-state index contributed by atoms with van der Waals surface area (Å²) in [6.07, 6.45) is 0. The van der Waals surface area contributed by atoms with Crippen LogP contribution in [-0.2, 0) is 9.53 Å². The zero-order valence-corrected chi connectivity index (χ0v) is 10.7. The van der Waals surface area contributed by atoms with E-state index in [0.29, 0.717) is 13.1 Å². The fraction of sp³-hybridized carbons (Fsp3) is 0.818. The lowest BCUT2D eigenvalue weighted by molar-refractivity contribution is -0.170. The van der Waals surface area contributed by atoms with Crippen LogP contribution in [0.1, 0.15) is 27.7 Å². The number of carboxylic acid groups (broad SMARTS) is 1. The van der Waals surface area contributed by atoms with Crippen molar-refractivity contribution < 1.29 is 19.4 Å². The number of amides is 2. The van der Waals surface area contributed by atoms with Crippen molar-refractivity contribution in [2.45, 2.75) is 38.9 Å². The molecule has 1 heterocycles. The average molecular weight is 244 g/mol. The van der Waals surface area contributed by atoms with E-state index in [-0.39, 0.29) is 12.6 Å². The number of urea groups is 1. The Labute approximate surface area is 101 Å². The molecule has 2 amide bonds. The van der Waals surface area contributed by atoms with Crippen molar-refractivity contribution in [1.29, 1.82) is 0 Å². The monoisotopic (exact) mass is 244 g/mol. The summed E-state index contributed by atoms with van der Waals surface area (Å²) in [7, 11) is 0. The standard InChI is InChI=1S/C11H20N2O4/c1-10(2)6-13(7-11(3,4)17-10)9(16)12-5-8(14)15/h5-7H2,1-4H3,(H,12,16)(H,14,15). The predicted molar refractivity (Wildman–Crippen MR) is 61.9 cm³/mol. The molecule has 1 rings (SSSR count). The normalized spacial score (nSPS) is 22.0. The molecule has 0 atom stereocenters. The minimum absolute atomic E-state index is 0.364. The van der Waals surface area contributed by atoms with Gasteiger partial charge in [-0.3, -0.25) is 4.79 Å². The third-order valence-electron chi connectivity index (χ3n) is 2.37. The van der Waals surface area contributed by atoms with Gasteiger partial charge in [-0.05, 0) is 27.7 Å². The molecule has 1 fully saturated rings. The number of nitrogens with one attached hydrogen (secondary N) is 1. The average Bonchev–Trinajstić information content (AvgIpc) is 2.08. The van der Waals surface area contributed by atoms with Crippen molar-refractivity contribution in [3.8, 4) is 0 Å². The maximum Gasteiger partial charge on any atom is 0.323 e. The number of ether oxygens (including phenoxy) is 1. The van der Waals surface area contributed by atoms with Gasteiger partial charge in [-0.25, -0.2) is 4.79 Å². The minimum atomic E-state index is -1.05.